The molecule has 10 rings (SSSR count). The SMILES string of the molecule is Cc1ncsc1-c1ccc([C@H](CN2CCOCC2)NC(=O)[C@@H]2C[C@@H](O)CN2C(=O)[C@@H](N(N)/C=C(\N)C2CCC([I-]N3CCC(c4ccc5c(c4)-n4c(nc(=O)c6c(Cl)cccc64)C5(C)C)CC3)CC2)C(C)(C)C)cc1. The number of alkyl halides is 1. The number of carbonyl (C=O) groups excluding carboxylic acids is 2. The van der Waals surface area contributed by atoms with E-state index < -0.39 is 29.0 Å². The van der Waals surface area contributed by atoms with Crippen LogP contribution in [-0.2, 0) is 19.7 Å². The van der Waals surface area contributed by atoms with Gasteiger partial charge < -0.3 is 15.2 Å². The number of ether oxygens (including phenoxy) is 1. The molecule has 2 amide bonds. The smallest absolute Gasteiger partial charge is 0.0531 e. The zero-order chi connectivity index (χ0) is 52.9. The number of aliphatic hydroxyl groups is 1. The Morgan fingerprint density at radius 2 is 1.75 bits per heavy atom. The number of halogens is 2. The molecule has 6 heterocycles. The van der Waals surface area contributed by atoms with Crippen LogP contribution in [0.2, 0.25) is 5.02 Å². The molecule has 1 saturated carbocycles. The van der Waals surface area contributed by atoms with Gasteiger partial charge in [0.05, 0.1) is 35.3 Å². The van der Waals surface area contributed by atoms with E-state index in [9.17, 15) is 19.5 Å². The van der Waals surface area contributed by atoms with Crippen LogP contribution in [0.25, 0.3) is 27.0 Å². The number of thiazole rings is 1. The number of nitrogens with zero attached hydrogens (tertiary/aromatic N) is 7. The van der Waals surface area contributed by atoms with E-state index in [2.05, 4.69) is 84.2 Å². The molecule has 4 atom stereocenters. The van der Waals surface area contributed by atoms with E-state index in [4.69, 9.17) is 27.9 Å². The summed E-state index contributed by atoms with van der Waals surface area (Å²) < 4.78 is 11.2. The predicted octanol–water partition coefficient (Wildman–Crippen LogP) is 4.39. The third-order valence-electron chi connectivity index (χ3n) is 16.4. The van der Waals surface area contributed by atoms with Crippen molar-refractivity contribution in [2.75, 3.05) is 52.5 Å². The number of allylic oxidation sites excluding steroid dienone is 1. The van der Waals surface area contributed by atoms with E-state index in [1.165, 1.54) is 21.0 Å². The molecule has 2 aromatic heterocycles. The summed E-state index contributed by atoms with van der Waals surface area (Å²) in [5.74, 6) is 7.64. The van der Waals surface area contributed by atoms with Crippen LogP contribution in [0.15, 0.2) is 82.9 Å². The number of aromatic nitrogens is 3. The molecule has 0 unspecified atom stereocenters. The summed E-state index contributed by atoms with van der Waals surface area (Å²) >= 11 is 8.00. The van der Waals surface area contributed by atoms with Crippen molar-refractivity contribution in [3.63, 3.8) is 0 Å². The average molecular weight is 1170 g/mol. The van der Waals surface area contributed by atoms with Crippen LogP contribution in [-0.4, -0.2) is 124 Å². The van der Waals surface area contributed by atoms with Gasteiger partial charge in [0.2, 0.25) is 0 Å². The number of nitrogens with two attached hydrogens (primary N) is 2. The van der Waals surface area contributed by atoms with Crippen molar-refractivity contribution in [2.45, 2.75) is 126 Å². The van der Waals surface area contributed by atoms with Crippen LogP contribution < -0.4 is 43.9 Å². The Hall–Kier alpha value is -4.47. The molecule has 75 heavy (non-hydrogen) atoms. The molecular formula is C57H73ClIN10O5S-. The Morgan fingerprint density at radius 3 is 2.43 bits per heavy atom. The van der Waals surface area contributed by atoms with Gasteiger partial charge in [-0.05, 0) is 18.1 Å². The van der Waals surface area contributed by atoms with Gasteiger partial charge in [-0.1, -0.05) is 24.3 Å². The first-order valence-corrected chi connectivity index (χ1v) is 30.2. The average Bonchev–Trinajstić information content (AvgIpc) is 4.15. The van der Waals surface area contributed by atoms with Gasteiger partial charge >= 0.3 is 325 Å². The minimum absolute atomic E-state index is 0.0374. The van der Waals surface area contributed by atoms with Crippen LogP contribution in [0.1, 0.15) is 120 Å². The van der Waals surface area contributed by atoms with Crippen LogP contribution in [0.4, 0.5) is 0 Å². The van der Waals surface area contributed by atoms with Crippen molar-refractivity contribution < 1.29 is 40.9 Å². The van der Waals surface area contributed by atoms with Crippen molar-refractivity contribution >= 4 is 45.7 Å². The fraction of sp³-hybridized carbons (Fsp3) is 0.526. The number of piperidine rings is 1. The van der Waals surface area contributed by atoms with Gasteiger partial charge in [0.1, 0.15) is 0 Å². The number of morpholine rings is 1. The summed E-state index contributed by atoms with van der Waals surface area (Å²) in [6.45, 7) is 17.8. The van der Waals surface area contributed by atoms with Gasteiger partial charge in [0.15, 0.2) is 0 Å². The summed E-state index contributed by atoms with van der Waals surface area (Å²) in [6, 6.07) is 18.7. The Bertz CT molecular complexity index is 2990. The van der Waals surface area contributed by atoms with E-state index in [0.29, 0.717) is 45.7 Å². The molecule has 5 aromatic rings. The normalized spacial score (nSPS) is 23.5. The number of benzene rings is 3. The third kappa shape index (κ3) is 11.2. The fourth-order valence-electron chi connectivity index (χ4n) is 12.2. The van der Waals surface area contributed by atoms with Gasteiger partial charge in [-0.15, -0.1) is 11.3 Å². The summed E-state index contributed by atoms with van der Waals surface area (Å²) in [7, 11) is 0. The second-order valence-electron chi connectivity index (χ2n) is 22.9. The third-order valence-corrected chi connectivity index (χ3v) is 21.5. The summed E-state index contributed by atoms with van der Waals surface area (Å²) in [5.41, 5.74) is 15.5. The minimum atomic E-state index is -0.874. The van der Waals surface area contributed by atoms with E-state index in [1.807, 2.05) is 45.3 Å². The van der Waals surface area contributed by atoms with Crippen molar-refractivity contribution in [3.8, 4) is 16.1 Å². The molecule has 4 aliphatic heterocycles. The monoisotopic (exact) mass is 1170 g/mol. The largest absolute Gasteiger partial charge is 0.0563 e. The number of β-amino-alcohol motifs (C(OH)–C–C–N with tert-alkyl or cyclic N) is 1. The van der Waals surface area contributed by atoms with Crippen LogP contribution in [0.5, 0.6) is 0 Å². The Kier molecular flexibility index (Phi) is 15.9. The molecule has 15 nitrogen and oxygen atoms in total. The van der Waals surface area contributed by atoms with Crippen molar-refractivity contribution in [1.29, 1.82) is 0 Å². The van der Waals surface area contributed by atoms with Gasteiger partial charge in [-0.3, -0.25) is 9.69 Å². The Balaban J connectivity index is 0.750. The molecule has 0 bridgehead atoms. The number of hydrogen-bond donors (Lipinski definition) is 4. The number of carbonyl (C=O) groups is 2. The predicted molar refractivity (Wildman–Crippen MR) is 292 cm³/mol. The van der Waals surface area contributed by atoms with E-state index in [-0.39, 0.29) is 63.8 Å². The molecule has 0 radical (unpaired) electrons. The standard InChI is InChI=1S/C57H73ClIN10O5S/c1-34-50(75-33-62-34)38-12-10-37(11-13-38)45(32-65-24-26-74-27-25-65)63-52(71)48-29-41(70)30-67(48)54(73)51(56(2,3)4)68(61)31-44(60)36-14-17-40(18-15-36)59-66-22-20-35(21-23-66)39-16-19-42-47(28-39)69-46-9-7-8-43(58)49(46)53(72)64-55(69)57(42,5)6/h7-13,16,19,28,31,33,35-36,40-41,45,48,51,70H,14-15,17-18,20-27,29-30,32,60-61H2,1-6H3,(H,63,71)/q-1/b44-31-/t36?,40?,41-,45+,48+,51-/m1/s1. The number of hydrogen-bond acceptors (Lipinski definition) is 13. The second kappa shape index (κ2) is 22.1. The maximum atomic E-state index is 14.8. The number of fused-ring (bicyclic) bond motifs is 5. The molecule has 402 valence electrons. The maximum absolute atomic E-state index is 14.8. The van der Waals surface area contributed by atoms with Gasteiger partial charge in [0, 0.05) is 19.6 Å². The topological polar surface area (TPSA) is 188 Å². The molecule has 0 spiro atoms. The van der Waals surface area contributed by atoms with E-state index >= 15 is 0 Å². The molecule has 5 aliphatic rings. The maximum Gasteiger partial charge on any atom is -0.0531 e. The number of likely N-dealkylation sites (tertiary alicyclic amines) is 1. The number of rotatable bonds is 13. The van der Waals surface area contributed by atoms with Crippen LogP contribution >= 0.6 is 22.9 Å². The Morgan fingerprint density at radius 1 is 1.03 bits per heavy atom. The quantitative estimate of drug-likeness (QED) is 0.0429. The molecule has 3 saturated heterocycles. The first-order valence-electron chi connectivity index (χ1n) is 26.7. The number of nitrogens with one attached hydrogen (secondary N) is 1. The van der Waals surface area contributed by atoms with Crippen LogP contribution in [0.3, 0.4) is 0 Å². The summed E-state index contributed by atoms with van der Waals surface area (Å²) in [4.78, 5) is 56.4. The number of aliphatic hydroxyl groups excluding tert-OH is 1. The minimum Gasteiger partial charge on any atom is -0.0563 e. The fourth-order valence-corrected chi connectivity index (χ4v) is 16.8. The number of aryl methyl sites for hydroxylation is 1. The molecule has 4 fully saturated rings. The molecule has 3 aromatic carbocycles. The zero-order valence-corrected chi connectivity index (χ0v) is 47.8. The first kappa shape index (κ1) is 53.9. The Labute approximate surface area is 460 Å². The van der Waals surface area contributed by atoms with Crippen molar-refractivity contribution in [2.24, 2.45) is 22.9 Å². The van der Waals surface area contributed by atoms with Gasteiger partial charge in [0.25, 0.3) is 0 Å². The molecule has 1 aliphatic carbocycles. The summed E-state index contributed by atoms with van der Waals surface area (Å²) in [5, 5.41) is 16.7. The van der Waals surface area contributed by atoms with Gasteiger partial charge in [-0.25, -0.2) is 4.98 Å². The van der Waals surface area contributed by atoms with Crippen LogP contribution in [0, 0.1) is 18.3 Å². The summed E-state index contributed by atoms with van der Waals surface area (Å²) in [6.07, 6.45) is 7.40. The van der Waals surface area contributed by atoms with E-state index in [0.717, 1.165) is 103 Å². The van der Waals surface area contributed by atoms with E-state index in [1.54, 1.807) is 23.6 Å². The number of amides is 2. The molecular weight excluding hydrogens is 1100 g/mol. The molecule has 6 N–H and O–H groups in total. The number of hydrazine groups is 1. The van der Waals surface area contributed by atoms with Crippen molar-refractivity contribution in [1.82, 2.24) is 37.8 Å². The van der Waals surface area contributed by atoms with Crippen molar-refractivity contribution in [3.05, 3.63) is 122 Å². The van der Waals surface area contributed by atoms with Gasteiger partial charge in [-0.2, -0.15) is 0 Å². The molecule has 18 heteroatoms. The zero-order valence-electron chi connectivity index (χ0n) is 44.1. The first-order chi connectivity index (χ1) is 35.8. The second-order valence-corrected chi connectivity index (χ2v) is 27.9.